The van der Waals surface area contributed by atoms with Crippen LogP contribution >= 0.6 is 22.6 Å². The fraction of sp³-hybridized carbons (Fsp3) is 0.308. The second-order valence-corrected chi connectivity index (χ2v) is 5.15. The lowest BCUT2D eigenvalue weighted by atomic mass is 10.3. The Morgan fingerprint density at radius 2 is 2.00 bits per heavy atom. The lowest BCUT2D eigenvalue weighted by molar-refractivity contribution is 0.218. The van der Waals surface area contributed by atoms with Crippen LogP contribution in [0.15, 0.2) is 36.4 Å². The fourth-order valence-electron chi connectivity index (χ4n) is 1.39. The first-order valence-corrected chi connectivity index (χ1v) is 6.56. The Labute approximate surface area is 116 Å². The highest BCUT2D eigenvalue weighted by Gasteiger charge is 2.11. The summed E-state index contributed by atoms with van der Waals surface area (Å²) in [5, 5.41) is 2.87. The van der Waals surface area contributed by atoms with Crippen LogP contribution in [0.5, 0.6) is 0 Å². The van der Waals surface area contributed by atoms with Gasteiger partial charge in [0, 0.05) is 22.3 Å². The molecule has 0 saturated carbocycles. The summed E-state index contributed by atoms with van der Waals surface area (Å²) >= 11 is 2.23. The van der Waals surface area contributed by atoms with E-state index < -0.39 is 0 Å². The lowest BCUT2D eigenvalue weighted by Crippen LogP contribution is -2.35. The Morgan fingerprint density at radius 3 is 2.47 bits per heavy atom. The molecule has 0 saturated heterocycles. The van der Waals surface area contributed by atoms with Crippen molar-refractivity contribution in [3.8, 4) is 0 Å². The number of carbonyl (C=O) groups excluding carboxylic acids is 1. The number of amides is 2. The third-order valence-electron chi connectivity index (χ3n) is 2.23. The van der Waals surface area contributed by atoms with Gasteiger partial charge < -0.3 is 10.2 Å². The molecule has 1 N–H and O–H groups in total. The van der Waals surface area contributed by atoms with Crippen molar-refractivity contribution >= 4 is 34.3 Å². The van der Waals surface area contributed by atoms with Gasteiger partial charge in [-0.1, -0.05) is 12.2 Å². The second-order valence-electron chi connectivity index (χ2n) is 3.91. The number of carbonyl (C=O) groups is 1. The zero-order valence-corrected chi connectivity index (χ0v) is 12.3. The number of nitrogens with one attached hydrogen (secondary N) is 1. The maximum atomic E-state index is 11.9. The molecule has 2 amide bonds. The molecule has 1 aromatic rings. The van der Waals surface area contributed by atoms with Gasteiger partial charge in [-0.2, -0.15) is 0 Å². The van der Waals surface area contributed by atoms with Crippen molar-refractivity contribution in [2.45, 2.75) is 13.8 Å². The summed E-state index contributed by atoms with van der Waals surface area (Å²) in [7, 11) is 0. The number of anilines is 1. The van der Waals surface area contributed by atoms with E-state index in [0.29, 0.717) is 13.1 Å². The van der Waals surface area contributed by atoms with Gasteiger partial charge in [-0.3, -0.25) is 0 Å². The molecule has 92 valence electrons. The molecule has 4 heteroatoms. The van der Waals surface area contributed by atoms with E-state index in [-0.39, 0.29) is 6.03 Å². The van der Waals surface area contributed by atoms with Crippen molar-refractivity contribution in [3.63, 3.8) is 0 Å². The van der Waals surface area contributed by atoms with E-state index in [2.05, 4.69) is 34.5 Å². The first kappa shape index (κ1) is 14.0. The molecule has 0 atom stereocenters. The van der Waals surface area contributed by atoms with Gasteiger partial charge in [0.25, 0.3) is 0 Å². The topological polar surface area (TPSA) is 32.3 Å². The summed E-state index contributed by atoms with van der Waals surface area (Å²) in [5.41, 5.74) is 1.79. The molecule has 0 fully saturated rings. The van der Waals surface area contributed by atoms with E-state index in [1.165, 1.54) is 0 Å². The normalized spacial score (nSPS) is 9.82. The van der Waals surface area contributed by atoms with Gasteiger partial charge in [-0.15, -0.1) is 0 Å². The highest BCUT2D eigenvalue weighted by atomic mass is 127. The zero-order valence-electron chi connectivity index (χ0n) is 10.2. The van der Waals surface area contributed by atoms with Gasteiger partial charge in [0.2, 0.25) is 0 Å². The van der Waals surface area contributed by atoms with Crippen LogP contribution in [0.2, 0.25) is 0 Å². The van der Waals surface area contributed by atoms with E-state index >= 15 is 0 Å². The van der Waals surface area contributed by atoms with Crippen LogP contribution in [-0.4, -0.2) is 24.0 Å². The summed E-state index contributed by atoms with van der Waals surface area (Å²) in [4.78, 5) is 13.7. The van der Waals surface area contributed by atoms with Crippen LogP contribution in [0, 0.1) is 3.57 Å². The number of rotatable bonds is 4. The molecular formula is C13H17IN2O. The minimum atomic E-state index is -0.0864. The first-order valence-electron chi connectivity index (χ1n) is 5.48. The predicted octanol–water partition coefficient (Wildman–Crippen LogP) is 3.72. The third-order valence-corrected chi connectivity index (χ3v) is 2.94. The predicted molar refractivity (Wildman–Crippen MR) is 80.2 cm³/mol. The molecule has 0 bridgehead atoms. The number of hydrogen-bond acceptors (Lipinski definition) is 1. The van der Waals surface area contributed by atoms with Gasteiger partial charge in [-0.25, -0.2) is 4.79 Å². The van der Waals surface area contributed by atoms with Crippen LogP contribution < -0.4 is 5.32 Å². The summed E-state index contributed by atoms with van der Waals surface area (Å²) in [6.07, 6.45) is 0. The molecule has 0 aliphatic carbocycles. The van der Waals surface area contributed by atoms with Crippen molar-refractivity contribution in [2.75, 3.05) is 18.4 Å². The summed E-state index contributed by atoms with van der Waals surface area (Å²) in [6.45, 7) is 8.95. The Hall–Kier alpha value is -1.04. The third kappa shape index (κ3) is 4.77. The summed E-state index contributed by atoms with van der Waals surface area (Å²) in [5.74, 6) is 0. The molecule has 0 aromatic heterocycles. The maximum absolute atomic E-state index is 11.9. The number of likely N-dealkylation sites (N-methyl/N-ethyl adjacent to an activating group) is 1. The number of urea groups is 1. The molecule has 0 spiro atoms. The lowest BCUT2D eigenvalue weighted by Gasteiger charge is -2.21. The quantitative estimate of drug-likeness (QED) is 0.655. The molecule has 0 heterocycles. The van der Waals surface area contributed by atoms with Crippen LogP contribution in [0.4, 0.5) is 10.5 Å². The Bertz CT molecular complexity index is 400. The van der Waals surface area contributed by atoms with Crippen molar-refractivity contribution in [3.05, 3.63) is 40.0 Å². The van der Waals surface area contributed by atoms with E-state index in [1.54, 1.807) is 4.90 Å². The Balaban J connectivity index is 2.63. The molecule has 17 heavy (non-hydrogen) atoms. The molecule has 1 aromatic carbocycles. The highest BCUT2D eigenvalue weighted by molar-refractivity contribution is 14.1. The number of nitrogens with zero attached hydrogens (tertiary/aromatic N) is 1. The van der Waals surface area contributed by atoms with Gasteiger partial charge in [-0.05, 0) is 60.7 Å². The zero-order chi connectivity index (χ0) is 12.8. The average Bonchev–Trinajstić information content (AvgIpc) is 2.28. The van der Waals surface area contributed by atoms with Crippen molar-refractivity contribution in [1.29, 1.82) is 0 Å². The summed E-state index contributed by atoms with van der Waals surface area (Å²) < 4.78 is 1.15. The summed E-state index contributed by atoms with van der Waals surface area (Å²) in [6, 6.07) is 7.63. The van der Waals surface area contributed by atoms with E-state index in [1.807, 2.05) is 38.1 Å². The molecule has 0 aliphatic heterocycles. The van der Waals surface area contributed by atoms with Crippen molar-refractivity contribution < 1.29 is 4.79 Å². The maximum Gasteiger partial charge on any atom is 0.322 e. The van der Waals surface area contributed by atoms with E-state index in [4.69, 9.17) is 0 Å². The minimum absolute atomic E-state index is 0.0864. The molecule has 3 nitrogen and oxygen atoms in total. The van der Waals surface area contributed by atoms with Gasteiger partial charge in [0.05, 0.1) is 0 Å². The van der Waals surface area contributed by atoms with Crippen molar-refractivity contribution in [2.24, 2.45) is 0 Å². The van der Waals surface area contributed by atoms with Crippen LogP contribution in [0.1, 0.15) is 13.8 Å². The Kier molecular flexibility index (Phi) is 5.47. The smallest absolute Gasteiger partial charge is 0.321 e. The molecule has 0 aliphatic rings. The number of benzene rings is 1. The van der Waals surface area contributed by atoms with Gasteiger partial charge in [0.1, 0.15) is 0 Å². The van der Waals surface area contributed by atoms with Crippen LogP contribution in [0.25, 0.3) is 0 Å². The SMILES string of the molecule is C=C(C)CN(CC)C(=O)Nc1ccc(I)cc1. The van der Waals surface area contributed by atoms with Gasteiger partial charge in [0.15, 0.2) is 0 Å². The Morgan fingerprint density at radius 1 is 1.41 bits per heavy atom. The molecular weight excluding hydrogens is 327 g/mol. The van der Waals surface area contributed by atoms with Gasteiger partial charge >= 0.3 is 6.03 Å². The van der Waals surface area contributed by atoms with E-state index in [0.717, 1.165) is 14.8 Å². The standard InChI is InChI=1S/C13H17IN2O/c1-4-16(9-10(2)3)13(17)15-12-7-5-11(14)6-8-12/h5-8H,2,4,9H2,1,3H3,(H,15,17). The van der Waals surface area contributed by atoms with Crippen LogP contribution in [0.3, 0.4) is 0 Å². The fourth-order valence-corrected chi connectivity index (χ4v) is 1.75. The average molecular weight is 344 g/mol. The largest absolute Gasteiger partial charge is 0.322 e. The molecule has 1 rings (SSSR count). The number of halogens is 1. The first-order chi connectivity index (χ1) is 8.02. The van der Waals surface area contributed by atoms with Crippen molar-refractivity contribution in [1.82, 2.24) is 4.90 Å². The number of hydrogen-bond donors (Lipinski definition) is 1. The highest BCUT2D eigenvalue weighted by Crippen LogP contribution is 2.12. The minimum Gasteiger partial charge on any atom is -0.321 e. The molecule has 0 radical (unpaired) electrons. The molecule has 0 unspecified atom stereocenters. The van der Waals surface area contributed by atoms with E-state index in [9.17, 15) is 4.79 Å². The second kappa shape index (κ2) is 6.64. The monoisotopic (exact) mass is 344 g/mol. The van der Waals surface area contributed by atoms with Crippen LogP contribution in [-0.2, 0) is 0 Å².